The zero-order chi connectivity index (χ0) is 22.1. The van der Waals surface area contributed by atoms with E-state index >= 15 is 0 Å². The molecule has 0 unspecified atom stereocenters. The van der Waals surface area contributed by atoms with Gasteiger partial charge in [0.05, 0.1) is 11.9 Å². The van der Waals surface area contributed by atoms with Crippen LogP contribution in [0.3, 0.4) is 0 Å². The van der Waals surface area contributed by atoms with Gasteiger partial charge in [-0.1, -0.05) is 62.6 Å². The van der Waals surface area contributed by atoms with Crippen molar-refractivity contribution in [2.24, 2.45) is 0 Å². The molecule has 1 heterocycles. The molecule has 0 atom stereocenters. The summed E-state index contributed by atoms with van der Waals surface area (Å²) in [5, 5.41) is 11.7. The Labute approximate surface area is 184 Å². The van der Waals surface area contributed by atoms with Crippen LogP contribution in [0.15, 0.2) is 74.3 Å². The normalized spacial score (nSPS) is 12.1. The van der Waals surface area contributed by atoms with Gasteiger partial charge in [-0.2, -0.15) is 5.10 Å². The summed E-state index contributed by atoms with van der Waals surface area (Å²) in [7, 11) is 1.86. The quantitative estimate of drug-likeness (QED) is 0.446. The molecule has 1 aromatic heterocycles. The molecule has 0 aliphatic rings. The van der Waals surface area contributed by atoms with Gasteiger partial charge in [-0.15, -0.1) is 0 Å². The van der Waals surface area contributed by atoms with Crippen LogP contribution in [0.5, 0.6) is 0 Å². The van der Waals surface area contributed by atoms with E-state index in [0.717, 1.165) is 45.8 Å². The maximum Gasteiger partial charge on any atom is 0.0620 e. The van der Waals surface area contributed by atoms with E-state index in [2.05, 4.69) is 48.5 Å². The van der Waals surface area contributed by atoms with Crippen molar-refractivity contribution in [2.75, 3.05) is 7.05 Å². The highest BCUT2D eigenvalue weighted by atomic mass is 35.5. The van der Waals surface area contributed by atoms with Crippen molar-refractivity contribution in [3.8, 4) is 0 Å². The fourth-order valence-electron chi connectivity index (χ4n) is 3.08. The molecule has 0 spiro atoms. The van der Waals surface area contributed by atoms with Crippen molar-refractivity contribution >= 4 is 35.1 Å². The molecular weight excluding hydrogens is 392 g/mol. The molecule has 156 valence electrons. The maximum atomic E-state index is 6.31. The number of nitrogens with zero attached hydrogens (tertiary/aromatic N) is 2. The van der Waals surface area contributed by atoms with E-state index < -0.39 is 0 Å². The zero-order valence-electron chi connectivity index (χ0n) is 17.9. The molecule has 0 fully saturated rings. The lowest BCUT2D eigenvalue weighted by Gasteiger charge is -2.19. The summed E-state index contributed by atoms with van der Waals surface area (Å²) in [5.74, 6) is 0. The second-order valence-corrected chi connectivity index (χ2v) is 7.01. The minimum atomic E-state index is 0.673. The molecule has 0 aliphatic carbocycles. The van der Waals surface area contributed by atoms with Crippen LogP contribution in [0.1, 0.15) is 35.7 Å². The molecule has 0 aliphatic heterocycles. The van der Waals surface area contributed by atoms with Crippen LogP contribution >= 0.6 is 11.6 Å². The standard InChI is InChI=1S/C25H29ClN4/c1-7-10-14-30-19(5)24(16-28-30)18(4)29-25(17-27-6)22(11-8-2)23-15-21(26)13-12-20(23)9-3/h7,9-17,27,29H,1,3-4,8H2,2,5-6H3/b14-10-,22-11-,25-17+. The first-order chi connectivity index (χ1) is 14.5. The van der Waals surface area contributed by atoms with E-state index in [1.54, 1.807) is 17.0 Å². The SMILES string of the molecule is C=C/C=C\n1ncc(C(=C)NC(=C/NC)/C(=C\CC)c2cc(Cl)ccc2C=C)c1C. The highest BCUT2D eigenvalue weighted by molar-refractivity contribution is 6.30. The first-order valence-corrected chi connectivity index (χ1v) is 10.1. The maximum absolute atomic E-state index is 6.31. The summed E-state index contributed by atoms with van der Waals surface area (Å²) < 4.78 is 1.79. The van der Waals surface area contributed by atoms with Crippen molar-refractivity contribution in [2.45, 2.75) is 20.3 Å². The average Bonchev–Trinajstić information content (AvgIpc) is 3.10. The van der Waals surface area contributed by atoms with E-state index in [1.807, 2.05) is 56.7 Å². The van der Waals surface area contributed by atoms with Crippen molar-refractivity contribution in [1.29, 1.82) is 0 Å². The predicted molar refractivity (Wildman–Crippen MR) is 132 cm³/mol. The third-order valence-corrected chi connectivity index (χ3v) is 4.77. The summed E-state index contributed by atoms with van der Waals surface area (Å²) in [6.07, 6.45) is 14.0. The fraction of sp³-hybridized carbons (Fsp3) is 0.160. The van der Waals surface area contributed by atoms with Crippen LogP contribution in [-0.2, 0) is 0 Å². The molecule has 2 rings (SSSR count). The van der Waals surface area contributed by atoms with Gasteiger partial charge in [0.1, 0.15) is 0 Å². The number of nitrogens with one attached hydrogen (secondary N) is 2. The molecule has 0 radical (unpaired) electrons. The number of aromatic nitrogens is 2. The zero-order valence-corrected chi connectivity index (χ0v) is 18.6. The lowest BCUT2D eigenvalue weighted by molar-refractivity contribution is 0.896. The number of hydrogen-bond acceptors (Lipinski definition) is 3. The topological polar surface area (TPSA) is 41.9 Å². The van der Waals surface area contributed by atoms with Gasteiger partial charge < -0.3 is 10.6 Å². The van der Waals surface area contributed by atoms with Crippen LogP contribution in [0.25, 0.3) is 23.5 Å². The predicted octanol–water partition coefficient (Wildman–Crippen LogP) is 6.26. The molecule has 0 saturated carbocycles. The number of benzene rings is 1. The van der Waals surface area contributed by atoms with E-state index in [4.69, 9.17) is 11.6 Å². The van der Waals surface area contributed by atoms with Gasteiger partial charge in [0.2, 0.25) is 0 Å². The van der Waals surface area contributed by atoms with Crippen LogP contribution in [0.2, 0.25) is 5.02 Å². The average molecular weight is 421 g/mol. The molecule has 2 N–H and O–H groups in total. The summed E-state index contributed by atoms with van der Waals surface area (Å²) in [4.78, 5) is 0. The van der Waals surface area contributed by atoms with Gasteiger partial charge in [-0.05, 0) is 42.7 Å². The monoisotopic (exact) mass is 420 g/mol. The van der Waals surface area contributed by atoms with Gasteiger partial charge in [0, 0.05) is 47.0 Å². The van der Waals surface area contributed by atoms with Gasteiger partial charge >= 0.3 is 0 Å². The highest BCUT2D eigenvalue weighted by Gasteiger charge is 2.15. The number of rotatable bonds is 10. The number of allylic oxidation sites excluding steroid dienone is 4. The van der Waals surface area contributed by atoms with Crippen molar-refractivity contribution in [3.63, 3.8) is 0 Å². The minimum Gasteiger partial charge on any atom is -0.392 e. The van der Waals surface area contributed by atoms with Crippen LogP contribution in [0.4, 0.5) is 0 Å². The third kappa shape index (κ3) is 5.43. The molecule has 0 saturated heterocycles. The third-order valence-electron chi connectivity index (χ3n) is 4.53. The van der Waals surface area contributed by atoms with Gasteiger partial charge in [-0.3, -0.25) is 0 Å². The molecule has 0 amide bonds. The van der Waals surface area contributed by atoms with E-state index in [-0.39, 0.29) is 0 Å². The van der Waals surface area contributed by atoms with Gasteiger partial charge in [0.25, 0.3) is 0 Å². The Morgan fingerprint density at radius 2 is 2.03 bits per heavy atom. The Kier molecular flexibility index (Phi) is 8.51. The second kappa shape index (κ2) is 11.1. The molecule has 0 bridgehead atoms. The van der Waals surface area contributed by atoms with Crippen LogP contribution in [0, 0.1) is 6.92 Å². The molecule has 30 heavy (non-hydrogen) atoms. The lowest BCUT2D eigenvalue weighted by atomic mass is 9.96. The van der Waals surface area contributed by atoms with Crippen LogP contribution < -0.4 is 10.6 Å². The van der Waals surface area contributed by atoms with Crippen molar-refractivity contribution in [3.05, 3.63) is 102 Å². The number of halogens is 1. The Balaban J connectivity index is 2.46. The largest absolute Gasteiger partial charge is 0.392 e. The Morgan fingerprint density at radius 3 is 2.67 bits per heavy atom. The van der Waals surface area contributed by atoms with Crippen molar-refractivity contribution in [1.82, 2.24) is 20.4 Å². The fourth-order valence-corrected chi connectivity index (χ4v) is 3.25. The molecular formula is C25H29ClN4. The smallest absolute Gasteiger partial charge is 0.0620 e. The number of hydrogen-bond donors (Lipinski definition) is 2. The second-order valence-electron chi connectivity index (χ2n) is 6.58. The van der Waals surface area contributed by atoms with Crippen LogP contribution in [-0.4, -0.2) is 16.8 Å². The van der Waals surface area contributed by atoms with E-state index in [1.165, 1.54) is 0 Å². The van der Waals surface area contributed by atoms with Gasteiger partial charge in [0.15, 0.2) is 0 Å². The van der Waals surface area contributed by atoms with E-state index in [0.29, 0.717) is 5.02 Å². The minimum absolute atomic E-state index is 0.673. The summed E-state index contributed by atoms with van der Waals surface area (Å²) in [6, 6.07) is 5.80. The first-order valence-electron chi connectivity index (χ1n) is 9.76. The first kappa shape index (κ1) is 23.0. The molecule has 2 aromatic rings. The molecule has 5 heteroatoms. The molecule has 4 nitrogen and oxygen atoms in total. The van der Waals surface area contributed by atoms with Gasteiger partial charge in [-0.25, -0.2) is 4.68 Å². The highest BCUT2D eigenvalue weighted by Crippen LogP contribution is 2.30. The lowest BCUT2D eigenvalue weighted by Crippen LogP contribution is -2.16. The summed E-state index contributed by atoms with van der Waals surface area (Å²) >= 11 is 6.31. The van der Waals surface area contributed by atoms with E-state index in [9.17, 15) is 0 Å². The summed E-state index contributed by atoms with van der Waals surface area (Å²) in [6.45, 7) is 16.0. The molecule has 1 aromatic carbocycles. The Hall–Kier alpha value is -3.24. The Bertz CT molecular complexity index is 1020. The van der Waals surface area contributed by atoms with Crippen molar-refractivity contribution < 1.29 is 0 Å². The summed E-state index contributed by atoms with van der Waals surface area (Å²) in [5.41, 5.74) is 6.55. The Morgan fingerprint density at radius 1 is 1.27 bits per heavy atom.